The van der Waals surface area contributed by atoms with E-state index in [1.54, 1.807) is 36.5 Å². The summed E-state index contributed by atoms with van der Waals surface area (Å²) in [4.78, 5) is 33.0. The number of nitrogens with zero attached hydrogens (tertiary/aromatic N) is 6. The summed E-state index contributed by atoms with van der Waals surface area (Å²) in [5.74, 6) is 0.890. The van der Waals surface area contributed by atoms with Crippen molar-refractivity contribution in [3.05, 3.63) is 75.2 Å². The van der Waals surface area contributed by atoms with E-state index in [1.165, 1.54) is 15.8 Å². The van der Waals surface area contributed by atoms with Crippen molar-refractivity contribution in [2.45, 2.75) is 53.0 Å². The smallest absolute Gasteiger partial charge is 0.276 e. The maximum Gasteiger partial charge on any atom is 0.276 e. The van der Waals surface area contributed by atoms with Crippen LogP contribution in [0.1, 0.15) is 46.9 Å². The molecule has 3 aliphatic rings. The average molecular weight is 556 g/mol. The highest BCUT2D eigenvalue weighted by Gasteiger charge is 2.37. The molecule has 6 heterocycles. The van der Waals surface area contributed by atoms with Gasteiger partial charge in [-0.1, -0.05) is 13.8 Å². The fourth-order valence-electron chi connectivity index (χ4n) is 6.49. The van der Waals surface area contributed by atoms with Gasteiger partial charge in [0.25, 0.3) is 11.5 Å². The minimum Gasteiger partial charge on any atom is -0.392 e. The molecule has 0 radical (unpaired) electrons. The van der Waals surface area contributed by atoms with Gasteiger partial charge in [0.15, 0.2) is 5.82 Å². The first kappa shape index (κ1) is 25.7. The van der Waals surface area contributed by atoms with E-state index < -0.39 is 0 Å². The predicted octanol–water partition coefficient (Wildman–Crippen LogP) is 3.00. The Morgan fingerprint density at radius 1 is 1.12 bits per heavy atom. The molecule has 1 aliphatic carbocycles. The number of ether oxygens (including phenoxy) is 1. The zero-order chi connectivity index (χ0) is 28.5. The first-order chi connectivity index (χ1) is 19.7. The van der Waals surface area contributed by atoms with Gasteiger partial charge in [0, 0.05) is 55.4 Å². The summed E-state index contributed by atoms with van der Waals surface area (Å²) in [5, 5.41) is 18.3. The molecule has 0 saturated heterocycles. The lowest BCUT2D eigenvalue weighted by molar-refractivity contribution is 0.0801. The second kappa shape index (κ2) is 9.42. The number of aliphatic hydroxyl groups is 1. The highest BCUT2D eigenvalue weighted by molar-refractivity contribution is 6.06. The molecule has 0 spiro atoms. The largest absolute Gasteiger partial charge is 0.392 e. The number of rotatable bonds is 5. The molecule has 4 aromatic heterocycles. The van der Waals surface area contributed by atoms with Crippen LogP contribution in [-0.4, -0.2) is 48.1 Å². The molecule has 0 fully saturated rings. The summed E-state index contributed by atoms with van der Waals surface area (Å²) in [6.07, 6.45) is 5.30. The van der Waals surface area contributed by atoms with Gasteiger partial charge in [-0.15, -0.1) is 0 Å². The number of carbonyl (C=O) groups excluding carboxylic acids is 1. The van der Waals surface area contributed by atoms with Crippen molar-refractivity contribution >= 4 is 23.2 Å². The standard InChI is InChI=1S/C30H33N7O4/c1-30(2)13-18-11-24-29(40)36(7-6-35(24)25(18)14-30)27-22(16-38)21(4-5-31-27)19-10-23(28(39)34(3)15-19)32-26-12-20-17-41-9-8-37(20)33-26/h4-5,10-12,15,38H,6-9,13-14,16-17H2,1-3H3,(H,32,33). The number of aliphatic hydroxyl groups excluding tert-OH is 1. The molecule has 7 rings (SSSR count). The minimum absolute atomic E-state index is 0.113. The molecule has 0 unspecified atom stereocenters. The molecule has 2 N–H and O–H groups in total. The van der Waals surface area contributed by atoms with Crippen LogP contribution in [0.25, 0.3) is 11.1 Å². The van der Waals surface area contributed by atoms with E-state index in [0.717, 1.165) is 18.5 Å². The van der Waals surface area contributed by atoms with E-state index in [1.807, 2.05) is 16.8 Å². The van der Waals surface area contributed by atoms with Crippen LogP contribution in [0.4, 0.5) is 17.3 Å². The van der Waals surface area contributed by atoms with Crippen LogP contribution >= 0.6 is 0 Å². The average Bonchev–Trinajstić information content (AvgIpc) is 3.60. The number of hydrogen-bond donors (Lipinski definition) is 2. The van der Waals surface area contributed by atoms with Crippen LogP contribution in [0.5, 0.6) is 0 Å². The molecule has 212 valence electrons. The summed E-state index contributed by atoms with van der Waals surface area (Å²) >= 11 is 0. The van der Waals surface area contributed by atoms with E-state index in [9.17, 15) is 14.7 Å². The number of pyridine rings is 2. The summed E-state index contributed by atoms with van der Waals surface area (Å²) in [5.41, 5.74) is 6.44. The van der Waals surface area contributed by atoms with Gasteiger partial charge in [-0.25, -0.2) is 4.98 Å². The lowest BCUT2D eigenvalue weighted by Gasteiger charge is -2.31. The highest BCUT2D eigenvalue weighted by Crippen LogP contribution is 2.40. The van der Waals surface area contributed by atoms with Gasteiger partial charge in [0.2, 0.25) is 0 Å². The zero-order valence-corrected chi connectivity index (χ0v) is 23.5. The first-order valence-corrected chi connectivity index (χ1v) is 14.0. The Labute approximate surface area is 237 Å². The van der Waals surface area contributed by atoms with Crippen LogP contribution in [0.15, 0.2) is 41.5 Å². The van der Waals surface area contributed by atoms with Gasteiger partial charge in [-0.3, -0.25) is 19.2 Å². The SMILES string of the molecule is Cn1cc(-c2ccnc(N3CCn4c(cc5c4CC(C)(C)C5)C3=O)c2CO)cc(Nc2cc3n(n2)CCOC3)c1=O. The van der Waals surface area contributed by atoms with Crippen molar-refractivity contribution in [3.8, 4) is 11.1 Å². The third-order valence-electron chi connectivity index (χ3n) is 8.39. The normalized spacial score (nSPS) is 17.4. The number of fused-ring (bicyclic) bond motifs is 4. The molecular weight excluding hydrogens is 522 g/mol. The van der Waals surface area contributed by atoms with E-state index in [-0.39, 0.29) is 23.5 Å². The number of aromatic nitrogens is 5. The summed E-state index contributed by atoms with van der Waals surface area (Å²) in [7, 11) is 1.69. The maximum absolute atomic E-state index is 13.7. The molecule has 0 saturated carbocycles. The molecule has 4 aromatic rings. The van der Waals surface area contributed by atoms with Gasteiger partial charge in [0.05, 0.1) is 32.1 Å². The molecule has 41 heavy (non-hydrogen) atoms. The third kappa shape index (κ3) is 4.27. The Hall–Kier alpha value is -4.22. The second-order valence-electron chi connectivity index (χ2n) is 11.9. The number of aryl methyl sites for hydroxylation is 1. The lowest BCUT2D eigenvalue weighted by atomic mass is 9.90. The Bertz CT molecular complexity index is 1740. The van der Waals surface area contributed by atoms with Crippen molar-refractivity contribution in [2.24, 2.45) is 12.5 Å². The van der Waals surface area contributed by atoms with Crippen LogP contribution in [-0.2, 0) is 50.9 Å². The number of carbonyl (C=O) groups is 1. The van der Waals surface area contributed by atoms with Crippen LogP contribution in [0.2, 0.25) is 0 Å². The van der Waals surface area contributed by atoms with Crippen molar-refractivity contribution in [1.82, 2.24) is 23.9 Å². The molecule has 11 nitrogen and oxygen atoms in total. The Balaban J connectivity index is 1.24. The summed E-state index contributed by atoms with van der Waals surface area (Å²) in [6, 6.07) is 7.47. The number of hydrogen-bond acceptors (Lipinski definition) is 7. The quantitative estimate of drug-likeness (QED) is 0.389. The van der Waals surface area contributed by atoms with Crippen molar-refractivity contribution in [1.29, 1.82) is 0 Å². The summed E-state index contributed by atoms with van der Waals surface area (Å²) in [6.45, 7) is 7.10. The minimum atomic E-state index is -0.312. The molecule has 2 aliphatic heterocycles. The number of nitrogens with one attached hydrogen (secondary N) is 1. The van der Waals surface area contributed by atoms with Crippen molar-refractivity contribution in [3.63, 3.8) is 0 Å². The fraction of sp³-hybridized carbons (Fsp3) is 0.400. The molecule has 11 heteroatoms. The lowest BCUT2D eigenvalue weighted by Crippen LogP contribution is -2.41. The van der Waals surface area contributed by atoms with E-state index in [4.69, 9.17) is 4.74 Å². The maximum atomic E-state index is 13.7. The fourth-order valence-corrected chi connectivity index (χ4v) is 6.49. The molecular formula is C30H33N7O4. The molecule has 0 aromatic carbocycles. The van der Waals surface area contributed by atoms with Crippen LogP contribution < -0.4 is 15.8 Å². The highest BCUT2D eigenvalue weighted by atomic mass is 16.5. The topological polar surface area (TPSA) is 119 Å². The van der Waals surface area contributed by atoms with E-state index in [2.05, 4.69) is 33.8 Å². The van der Waals surface area contributed by atoms with Crippen molar-refractivity contribution < 1.29 is 14.6 Å². The Morgan fingerprint density at radius 2 is 1.98 bits per heavy atom. The van der Waals surface area contributed by atoms with Gasteiger partial charge < -0.3 is 24.3 Å². The Morgan fingerprint density at radius 3 is 2.78 bits per heavy atom. The van der Waals surface area contributed by atoms with Crippen molar-refractivity contribution in [2.75, 3.05) is 23.4 Å². The zero-order valence-electron chi connectivity index (χ0n) is 23.5. The first-order valence-electron chi connectivity index (χ1n) is 14.0. The second-order valence-corrected chi connectivity index (χ2v) is 11.9. The van der Waals surface area contributed by atoms with Gasteiger partial charge in [0.1, 0.15) is 17.2 Å². The predicted molar refractivity (Wildman–Crippen MR) is 153 cm³/mol. The molecule has 1 amide bonds. The number of anilines is 3. The van der Waals surface area contributed by atoms with Gasteiger partial charge in [-0.2, -0.15) is 5.10 Å². The monoisotopic (exact) mass is 555 g/mol. The van der Waals surface area contributed by atoms with Crippen LogP contribution in [0.3, 0.4) is 0 Å². The molecule has 0 atom stereocenters. The summed E-state index contributed by atoms with van der Waals surface area (Å²) < 4.78 is 11.0. The number of amides is 1. The molecule has 0 bridgehead atoms. The third-order valence-corrected chi connectivity index (χ3v) is 8.39. The Kier molecular flexibility index (Phi) is 5.91. The van der Waals surface area contributed by atoms with E-state index >= 15 is 0 Å². The van der Waals surface area contributed by atoms with Crippen LogP contribution in [0, 0.1) is 5.41 Å². The van der Waals surface area contributed by atoms with E-state index in [0.29, 0.717) is 72.6 Å². The van der Waals surface area contributed by atoms with Gasteiger partial charge >= 0.3 is 0 Å². The van der Waals surface area contributed by atoms with Gasteiger partial charge in [-0.05, 0) is 47.6 Å².